The second kappa shape index (κ2) is 2.67. The fraction of sp³-hybridized carbons (Fsp3) is 0.444. The Labute approximate surface area is 71.6 Å². The third-order valence-corrected chi connectivity index (χ3v) is 2.14. The second-order valence-corrected chi connectivity index (χ2v) is 4.10. The molecule has 0 saturated heterocycles. The second-order valence-electron chi connectivity index (χ2n) is 3.47. The fourth-order valence-corrected chi connectivity index (χ4v) is 1.75. The van der Waals surface area contributed by atoms with Crippen LogP contribution in [0.1, 0.15) is 32.0 Å². The fourth-order valence-electron chi connectivity index (χ4n) is 0.873. The van der Waals surface area contributed by atoms with Crippen molar-refractivity contribution in [1.82, 2.24) is 4.37 Å². The number of nitrogens with zero attached hydrogens (tertiary/aromatic N) is 1. The molecule has 11 heavy (non-hydrogen) atoms. The summed E-state index contributed by atoms with van der Waals surface area (Å²) < 4.78 is 4.11. The Hall–Kier alpha value is -0.810. The highest BCUT2D eigenvalue weighted by Crippen LogP contribution is 2.25. The SMILES string of the molecule is C#Cc1nscc1C(C)(C)C. The average molecular weight is 165 g/mol. The first kappa shape index (κ1) is 8.29. The summed E-state index contributed by atoms with van der Waals surface area (Å²) in [5, 5.41) is 2.02. The lowest BCUT2D eigenvalue weighted by Gasteiger charge is -2.16. The molecule has 0 radical (unpaired) electrons. The maximum Gasteiger partial charge on any atom is 0.130 e. The van der Waals surface area contributed by atoms with Gasteiger partial charge < -0.3 is 0 Å². The molecule has 0 aliphatic rings. The van der Waals surface area contributed by atoms with E-state index in [1.165, 1.54) is 17.1 Å². The van der Waals surface area contributed by atoms with E-state index in [0.29, 0.717) is 0 Å². The Morgan fingerprint density at radius 1 is 1.55 bits per heavy atom. The van der Waals surface area contributed by atoms with Crippen LogP contribution in [0.4, 0.5) is 0 Å². The van der Waals surface area contributed by atoms with Crippen LogP contribution in [0.15, 0.2) is 5.38 Å². The molecule has 0 fully saturated rings. The van der Waals surface area contributed by atoms with Crippen molar-refractivity contribution in [3.8, 4) is 12.3 Å². The first-order valence-electron chi connectivity index (χ1n) is 3.47. The molecule has 1 aromatic heterocycles. The molecule has 0 unspecified atom stereocenters. The van der Waals surface area contributed by atoms with Gasteiger partial charge >= 0.3 is 0 Å². The van der Waals surface area contributed by atoms with E-state index in [4.69, 9.17) is 6.42 Å². The largest absolute Gasteiger partial charge is 0.184 e. The van der Waals surface area contributed by atoms with Gasteiger partial charge in [0.05, 0.1) is 0 Å². The van der Waals surface area contributed by atoms with E-state index >= 15 is 0 Å². The van der Waals surface area contributed by atoms with Gasteiger partial charge in [-0.05, 0) is 22.9 Å². The Balaban J connectivity index is 3.15. The quantitative estimate of drug-likeness (QED) is 0.538. The van der Waals surface area contributed by atoms with E-state index in [1.807, 2.05) is 5.38 Å². The molecule has 1 aromatic rings. The van der Waals surface area contributed by atoms with E-state index in [9.17, 15) is 0 Å². The first-order valence-corrected chi connectivity index (χ1v) is 4.31. The number of terminal acetylenes is 1. The summed E-state index contributed by atoms with van der Waals surface area (Å²) in [4.78, 5) is 0. The average Bonchev–Trinajstić information content (AvgIpc) is 2.31. The topological polar surface area (TPSA) is 12.9 Å². The third-order valence-electron chi connectivity index (χ3n) is 1.51. The lowest BCUT2D eigenvalue weighted by molar-refractivity contribution is 0.590. The Kier molecular flexibility index (Phi) is 2.01. The maximum atomic E-state index is 5.29. The summed E-state index contributed by atoms with van der Waals surface area (Å²) in [5.74, 6) is 2.58. The standard InChI is InChI=1S/C9H11NS/c1-5-8-7(6-11-10-8)9(2,3)4/h1,6H,2-4H3. The molecule has 2 heteroatoms. The van der Waals surface area contributed by atoms with E-state index in [-0.39, 0.29) is 5.41 Å². The van der Waals surface area contributed by atoms with Crippen molar-refractivity contribution in [3.05, 3.63) is 16.6 Å². The molecule has 0 aromatic carbocycles. The minimum atomic E-state index is 0.120. The van der Waals surface area contributed by atoms with Crippen LogP contribution in [0, 0.1) is 12.3 Å². The molecule has 0 amide bonds. The Morgan fingerprint density at radius 2 is 2.18 bits per heavy atom. The molecule has 0 saturated carbocycles. The van der Waals surface area contributed by atoms with E-state index in [0.717, 1.165) is 5.69 Å². The maximum absolute atomic E-state index is 5.29. The molecule has 1 nitrogen and oxygen atoms in total. The van der Waals surface area contributed by atoms with Crippen molar-refractivity contribution in [2.45, 2.75) is 26.2 Å². The van der Waals surface area contributed by atoms with Gasteiger partial charge in [0.15, 0.2) is 0 Å². The number of rotatable bonds is 0. The van der Waals surface area contributed by atoms with Crippen molar-refractivity contribution in [1.29, 1.82) is 0 Å². The van der Waals surface area contributed by atoms with Crippen LogP contribution in [0.5, 0.6) is 0 Å². The molecule has 1 rings (SSSR count). The van der Waals surface area contributed by atoms with Gasteiger partial charge in [-0.2, -0.15) is 4.37 Å². The van der Waals surface area contributed by atoms with Crippen molar-refractivity contribution in [2.24, 2.45) is 0 Å². The van der Waals surface area contributed by atoms with Crippen LogP contribution in [0.2, 0.25) is 0 Å². The molecule has 0 atom stereocenters. The first-order chi connectivity index (χ1) is 5.05. The summed E-state index contributed by atoms with van der Waals surface area (Å²) in [6, 6.07) is 0. The monoisotopic (exact) mass is 165 g/mol. The predicted molar refractivity (Wildman–Crippen MR) is 48.7 cm³/mol. The van der Waals surface area contributed by atoms with Crippen LogP contribution in [0.3, 0.4) is 0 Å². The molecule has 58 valence electrons. The predicted octanol–water partition coefficient (Wildman–Crippen LogP) is 2.42. The third kappa shape index (κ3) is 1.61. The van der Waals surface area contributed by atoms with Crippen molar-refractivity contribution in [2.75, 3.05) is 0 Å². The van der Waals surface area contributed by atoms with Crippen LogP contribution in [-0.4, -0.2) is 4.37 Å². The minimum absolute atomic E-state index is 0.120. The number of hydrogen-bond acceptors (Lipinski definition) is 2. The lowest BCUT2D eigenvalue weighted by atomic mass is 9.88. The minimum Gasteiger partial charge on any atom is -0.184 e. The summed E-state index contributed by atoms with van der Waals surface area (Å²) in [5.41, 5.74) is 2.09. The summed E-state index contributed by atoms with van der Waals surface area (Å²) in [7, 11) is 0. The van der Waals surface area contributed by atoms with E-state index in [1.54, 1.807) is 0 Å². The highest BCUT2D eigenvalue weighted by Gasteiger charge is 2.18. The van der Waals surface area contributed by atoms with Crippen LogP contribution in [-0.2, 0) is 5.41 Å². The lowest BCUT2D eigenvalue weighted by Crippen LogP contribution is -2.11. The molecule has 0 bridgehead atoms. The molecular weight excluding hydrogens is 154 g/mol. The number of hydrogen-bond donors (Lipinski definition) is 0. The number of aromatic nitrogens is 1. The van der Waals surface area contributed by atoms with E-state index < -0.39 is 0 Å². The highest BCUT2D eigenvalue weighted by molar-refractivity contribution is 7.03. The van der Waals surface area contributed by atoms with Gasteiger partial charge in [0.2, 0.25) is 0 Å². The van der Waals surface area contributed by atoms with Gasteiger partial charge in [-0.25, -0.2) is 0 Å². The summed E-state index contributed by atoms with van der Waals surface area (Å²) in [6.07, 6.45) is 5.29. The normalized spacial score (nSPS) is 11.1. The zero-order chi connectivity index (χ0) is 8.48. The van der Waals surface area contributed by atoms with Gasteiger partial charge in [-0.15, -0.1) is 6.42 Å². The Bertz CT molecular complexity index is 285. The molecule has 0 spiro atoms. The van der Waals surface area contributed by atoms with Gasteiger partial charge in [-0.3, -0.25) is 0 Å². The van der Waals surface area contributed by atoms with Crippen molar-refractivity contribution >= 4 is 11.5 Å². The van der Waals surface area contributed by atoms with Crippen LogP contribution in [0.25, 0.3) is 0 Å². The summed E-state index contributed by atoms with van der Waals surface area (Å²) in [6.45, 7) is 6.41. The summed E-state index contributed by atoms with van der Waals surface area (Å²) >= 11 is 1.43. The zero-order valence-corrected chi connectivity index (χ0v) is 7.83. The molecule has 1 heterocycles. The Morgan fingerprint density at radius 3 is 2.55 bits per heavy atom. The van der Waals surface area contributed by atoms with Crippen molar-refractivity contribution < 1.29 is 0 Å². The van der Waals surface area contributed by atoms with Gasteiger partial charge in [0.25, 0.3) is 0 Å². The van der Waals surface area contributed by atoms with Gasteiger partial charge in [0.1, 0.15) is 5.69 Å². The molecule has 0 N–H and O–H groups in total. The van der Waals surface area contributed by atoms with Crippen LogP contribution >= 0.6 is 11.5 Å². The molecule has 0 aliphatic carbocycles. The smallest absolute Gasteiger partial charge is 0.130 e. The van der Waals surface area contributed by atoms with Gasteiger partial charge in [0, 0.05) is 10.9 Å². The molecular formula is C9H11NS. The highest BCUT2D eigenvalue weighted by atomic mass is 32.1. The van der Waals surface area contributed by atoms with Crippen LogP contribution < -0.4 is 0 Å². The van der Waals surface area contributed by atoms with E-state index in [2.05, 4.69) is 31.1 Å². The van der Waals surface area contributed by atoms with Crippen molar-refractivity contribution in [3.63, 3.8) is 0 Å². The molecule has 0 aliphatic heterocycles. The van der Waals surface area contributed by atoms with Gasteiger partial charge in [-0.1, -0.05) is 20.8 Å². The zero-order valence-electron chi connectivity index (χ0n) is 7.01.